The van der Waals surface area contributed by atoms with Crippen LogP contribution in [0.3, 0.4) is 0 Å². The van der Waals surface area contributed by atoms with Crippen LogP contribution in [0.2, 0.25) is 0 Å². The molecule has 36 heavy (non-hydrogen) atoms. The third-order valence-corrected chi connectivity index (χ3v) is 7.45. The van der Waals surface area contributed by atoms with E-state index in [1.54, 1.807) is 11.9 Å². The molecule has 2 saturated heterocycles. The van der Waals surface area contributed by atoms with Crippen molar-refractivity contribution in [2.24, 2.45) is 11.1 Å². The standard InChI is InChI=1S/C28H38F2N4O2/c1-21-8-9-23(20-36-25-7-5-6-22(16-25)18-33-12-3-4-13-33)19-34(21)15-14-32(2)28(31-35)26-11-10-24(29)17-27(26)30/h5-7,10-11,16-17,21,23,35H,3-4,8-9,12-15,18-20H2,1-2H3/b31-28+. The van der Waals surface area contributed by atoms with E-state index in [1.165, 1.54) is 37.6 Å². The minimum Gasteiger partial charge on any atom is -0.493 e. The first-order valence-electron chi connectivity index (χ1n) is 13.0. The zero-order valence-corrected chi connectivity index (χ0v) is 21.4. The summed E-state index contributed by atoms with van der Waals surface area (Å²) in [6.45, 7) is 8.45. The molecule has 2 unspecified atom stereocenters. The maximum absolute atomic E-state index is 14.2. The second kappa shape index (κ2) is 12.5. The molecule has 196 valence electrons. The van der Waals surface area contributed by atoms with Gasteiger partial charge in [0.1, 0.15) is 17.4 Å². The van der Waals surface area contributed by atoms with E-state index in [2.05, 4.69) is 40.1 Å². The van der Waals surface area contributed by atoms with Crippen molar-refractivity contribution in [1.82, 2.24) is 14.7 Å². The van der Waals surface area contributed by atoms with Gasteiger partial charge in [0.15, 0.2) is 5.84 Å². The number of nitrogens with zero attached hydrogens (tertiary/aromatic N) is 4. The summed E-state index contributed by atoms with van der Waals surface area (Å²) in [6, 6.07) is 12.1. The van der Waals surface area contributed by atoms with Gasteiger partial charge in [0.25, 0.3) is 0 Å². The molecule has 2 aliphatic rings. The number of likely N-dealkylation sites (N-methyl/N-ethyl adjacent to an activating group) is 1. The highest BCUT2D eigenvalue weighted by molar-refractivity contribution is 5.98. The van der Waals surface area contributed by atoms with Crippen molar-refractivity contribution in [3.8, 4) is 5.75 Å². The summed E-state index contributed by atoms with van der Waals surface area (Å²) in [6.07, 6.45) is 4.78. The zero-order valence-electron chi connectivity index (χ0n) is 21.4. The predicted octanol–water partition coefficient (Wildman–Crippen LogP) is 4.81. The first kappa shape index (κ1) is 26.4. The zero-order chi connectivity index (χ0) is 25.5. The van der Waals surface area contributed by atoms with Crippen molar-refractivity contribution in [1.29, 1.82) is 0 Å². The first-order chi connectivity index (χ1) is 17.4. The SMILES string of the molecule is CC1CCC(COc2cccc(CN3CCCC3)c2)CN1CCN(C)/C(=N/O)c1ccc(F)cc1F. The van der Waals surface area contributed by atoms with E-state index in [-0.39, 0.29) is 11.4 Å². The summed E-state index contributed by atoms with van der Waals surface area (Å²) >= 11 is 0. The lowest BCUT2D eigenvalue weighted by Crippen LogP contribution is -2.47. The van der Waals surface area contributed by atoms with Crippen LogP contribution in [0.1, 0.15) is 43.7 Å². The molecule has 2 heterocycles. The van der Waals surface area contributed by atoms with Crippen LogP contribution in [0.25, 0.3) is 0 Å². The van der Waals surface area contributed by atoms with Crippen molar-refractivity contribution in [3.63, 3.8) is 0 Å². The number of hydrogen-bond acceptors (Lipinski definition) is 5. The number of hydrogen-bond donors (Lipinski definition) is 1. The number of ether oxygens (including phenoxy) is 1. The van der Waals surface area contributed by atoms with Gasteiger partial charge in [-0.05, 0) is 75.5 Å². The van der Waals surface area contributed by atoms with E-state index in [0.717, 1.165) is 50.4 Å². The van der Waals surface area contributed by atoms with Crippen LogP contribution in [0.5, 0.6) is 5.75 Å². The van der Waals surface area contributed by atoms with E-state index >= 15 is 0 Å². The van der Waals surface area contributed by atoms with Gasteiger partial charge >= 0.3 is 0 Å². The third kappa shape index (κ3) is 6.95. The van der Waals surface area contributed by atoms with Gasteiger partial charge in [0, 0.05) is 51.3 Å². The van der Waals surface area contributed by atoms with E-state index in [4.69, 9.17) is 4.74 Å². The molecular formula is C28H38F2N4O2. The van der Waals surface area contributed by atoms with Crippen LogP contribution in [0, 0.1) is 17.6 Å². The maximum atomic E-state index is 14.2. The van der Waals surface area contributed by atoms with Gasteiger partial charge in [-0.1, -0.05) is 17.3 Å². The summed E-state index contributed by atoms with van der Waals surface area (Å²) in [5, 5.41) is 12.8. The van der Waals surface area contributed by atoms with Gasteiger partial charge in [0.2, 0.25) is 0 Å². The number of amidine groups is 1. The van der Waals surface area contributed by atoms with E-state index in [9.17, 15) is 14.0 Å². The number of piperidine rings is 1. The topological polar surface area (TPSA) is 51.5 Å². The molecule has 0 aromatic heterocycles. The lowest BCUT2D eigenvalue weighted by molar-refractivity contribution is 0.0860. The molecule has 2 aromatic carbocycles. The Balaban J connectivity index is 1.28. The number of likely N-dealkylation sites (tertiary alicyclic amines) is 2. The van der Waals surface area contributed by atoms with Gasteiger partial charge < -0.3 is 14.8 Å². The molecule has 2 fully saturated rings. The van der Waals surface area contributed by atoms with Crippen molar-refractivity contribution < 1.29 is 18.7 Å². The average molecular weight is 501 g/mol. The maximum Gasteiger partial charge on any atom is 0.178 e. The average Bonchev–Trinajstić information content (AvgIpc) is 3.37. The van der Waals surface area contributed by atoms with Crippen LogP contribution in [0.4, 0.5) is 8.78 Å². The molecule has 4 rings (SSSR count). The minimum atomic E-state index is -0.747. The molecule has 0 amide bonds. The highest BCUT2D eigenvalue weighted by Crippen LogP contribution is 2.24. The second-order valence-electron chi connectivity index (χ2n) is 10.2. The van der Waals surface area contributed by atoms with Gasteiger partial charge in [-0.15, -0.1) is 0 Å². The summed E-state index contributed by atoms with van der Waals surface area (Å²) in [5.41, 5.74) is 1.38. The molecule has 8 heteroatoms. The molecule has 0 saturated carbocycles. The number of benzene rings is 2. The van der Waals surface area contributed by atoms with Crippen LogP contribution < -0.4 is 4.74 Å². The van der Waals surface area contributed by atoms with Gasteiger partial charge in [0.05, 0.1) is 12.2 Å². The molecule has 2 aliphatic heterocycles. The smallest absolute Gasteiger partial charge is 0.178 e. The molecule has 2 atom stereocenters. The first-order valence-corrected chi connectivity index (χ1v) is 13.0. The Morgan fingerprint density at radius 2 is 1.94 bits per heavy atom. The minimum absolute atomic E-state index is 0.0753. The van der Waals surface area contributed by atoms with E-state index in [0.29, 0.717) is 25.1 Å². The van der Waals surface area contributed by atoms with Crippen molar-refractivity contribution in [2.45, 2.75) is 45.2 Å². The molecule has 0 radical (unpaired) electrons. The monoisotopic (exact) mass is 500 g/mol. The van der Waals surface area contributed by atoms with Crippen LogP contribution >= 0.6 is 0 Å². The van der Waals surface area contributed by atoms with Crippen molar-refractivity contribution >= 4 is 5.84 Å². The van der Waals surface area contributed by atoms with Crippen LogP contribution in [-0.4, -0.2) is 78.2 Å². The molecule has 2 aromatic rings. The Morgan fingerprint density at radius 3 is 2.69 bits per heavy atom. The highest BCUT2D eigenvalue weighted by atomic mass is 19.1. The van der Waals surface area contributed by atoms with Crippen LogP contribution in [0.15, 0.2) is 47.6 Å². The fourth-order valence-corrected chi connectivity index (χ4v) is 5.25. The Hall–Kier alpha value is -2.71. The molecule has 1 N–H and O–H groups in total. The number of halogens is 2. The molecule has 0 spiro atoms. The normalized spacial score (nSPS) is 21.6. The van der Waals surface area contributed by atoms with Crippen molar-refractivity contribution in [3.05, 3.63) is 65.2 Å². The molecule has 0 aliphatic carbocycles. The summed E-state index contributed by atoms with van der Waals surface area (Å²) < 4.78 is 33.7. The Labute approximate surface area is 213 Å². The molecular weight excluding hydrogens is 462 g/mol. The lowest BCUT2D eigenvalue weighted by atomic mass is 9.94. The summed E-state index contributed by atoms with van der Waals surface area (Å²) in [4.78, 5) is 6.61. The van der Waals surface area contributed by atoms with E-state index in [1.807, 2.05) is 6.07 Å². The predicted molar refractivity (Wildman–Crippen MR) is 138 cm³/mol. The molecule has 6 nitrogen and oxygen atoms in total. The fourth-order valence-electron chi connectivity index (χ4n) is 5.25. The van der Waals surface area contributed by atoms with Crippen LogP contribution in [-0.2, 0) is 6.54 Å². The second-order valence-corrected chi connectivity index (χ2v) is 10.2. The van der Waals surface area contributed by atoms with Crippen molar-refractivity contribution in [2.75, 3.05) is 46.4 Å². The third-order valence-electron chi connectivity index (χ3n) is 7.45. The number of rotatable bonds is 9. The Bertz CT molecular complexity index is 1030. The number of oxime groups is 1. The van der Waals surface area contributed by atoms with Gasteiger partial charge in [-0.3, -0.25) is 9.80 Å². The summed E-state index contributed by atoms with van der Waals surface area (Å²) in [5.74, 6) is 0.0365. The quantitative estimate of drug-likeness (QED) is 0.232. The highest BCUT2D eigenvalue weighted by Gasteiger charge is 2.26. The van der Waals surface area contributed by atoms with Gasteiger partial charge in [-0.2, -0.15) is 0 Å². The summed E-state index contributed by atoms with van der Waals surface area (Å²) in [7, 11) is 1.75. The largest absolute Gasteiger partial charge is 0.493 e. The van der Waals surface area contributed by atoms with E-state index < -0.39 is 11.6 Å². The fraction of sp³-hybridized carbons (Fsp3) is 0.536. The Kier molecular flexibility index (Phi) is 9.15. The molecule has 0 bridgehead atoms. The van der Waals surface area contributed by atoms with Gasteiger partial charge in [-0.25, -0.2) is 8.78 Å². The lowest BCUT2D eigenvalue weighted by Gasteiger charge is -2.38. The Morgan fingerprint density at radius 1 is 1.14 bits per heavy atom.